The molecule has 0 aliphatic heterocycles. The first-order valence-electron chi connectivity index (χ1n) is 10.8. The largest absolute Gasteiger partial charge is 0.383 e. The van der Waals surface area contributed by atoms with Crippen LogP contribution in [0.15, 0.2) is 78.9 Å². The monoisotopic (exact) mass is 461 g/mol. The fourth-order valence-corrected chi connectivity index (χ4v) is 3.73. The van der Waals surface area contributed by atoms with Gasteiger partial charge in [-0.05, 0) is 30.3 Å². The predicted molar refractivity (Wildman–Crippen MR) is 125 cm³/mol. The third-order valence-electron chi connectivity index (χ3n) is 5.32. The Morgan fingerprint density at radius 1 is 1.03 bits per heavy atom. The number of nitrogens with one attached hydrogen (secondary N) is 1. The zero-order valence-electron chi connectivity index (χ0n) is 18.6. The summed E-state index contributed by atoms with van der Waals surface area (Å²) < 4.78 is 21.4. The number of amides is 2. The number of hydrogen-bond acceptors (Lipinski definition) is 5. The lowest BCUT2D eigenvalue weighted by molar-refractivity contribution is -0.127. The van der Waals surface area contributed by atoms with Crippen LogP contribution < -0.4 is 10.2 Å². The van der Waals surface area contributed by atoms with Crippen molar-refractivity contribution in [3.8, 4) is 0 Å². The van der Waals surface area contributed by atoms with Crippen LogP contribution in [0.25, 0.3) is 11.0 Å². The quantitative estimate of drug-likeness (QED) is 0.387. The van der Waals surface area contributed by atoms with Crippen molar-refractivity contribution in [2.45, 2.75) is 12.6 Å². The van der Waals surface area contributed by atoms with Gasteiger partial charge in [0.1, 0.15) is 23.9 Å². The third-order valence-corrected chi connectivity index (χ3v) is 5.32. The Morgan fingerprint density at radius 3 is 2.50 bits per heavy atom. The van der Waals surface area contributed by atoms with Crippen LogP contribution in [0.2, 0.25) is 0 Å². The molecule has 9 heteroatoms. The average Bonchev–Trinajstić information content (AvgIpc) is 3.26. The van der Waals surface area contributed by atoms with Gasteiger partial charge in [0.25, 0.3) is 0 Å². The molecule has 174 valence electrons. The van der Waals surface area contributed by atoms with Crippen LogP contribution in [0.1, 0.15) is 11.6 Å². The highest BCUT2D eigenvalue weighted by Gasteiger charge is 2.34. The van der Waals surface area contributed by atoms with Gasteiger partial charge >= 0.3 is 0 Å². The van der Waals surface area contributed by atoms with E-state index in [2.05, 4.69) is 15.6 Å². The normalized spacial score (nSPS) is 11.8. The molecular weight excluding hydrogens is 437 g/mol. The van der Waals surface area contributed by atoms with Gasteiger partial charge in [-0.25, -0.2) is 9.07 Å². The van der Waals surface area contributed by atoms with Crippen LogP contribution in [0, 0.1) is 5.82 Å². The Bertz CT molecular complexity index is 1280. The van der Waals surface area contributed by atoms with Gasteiger partial charge in [-0.15, -0.1) is 5.10 Å². The summed E-state index contributed by atoms with van der Waals surface area (Å²) in [5.41, 5.74) is 1.85. The maximum atomic E-state index is 14.9. The molecule has 0 aliphatic rings. The highest BCUT2D eigenvalue weighted by Crippen LogP contribution is 2.30. The minimum absolute atomic E-state index is 0.0815. The van der Waals surface area contributed by atoms with E-state index < -0.39 is 23.7 Å². The molecule has 0 radical (unpaired) electrons. The summed E-state index contributed by atoms with van der Waals surface area (Å²) in [4.78, 5) is 28.4. The van der Waals surface area contributed by atoms with Gasteiger partial charge in [0.2, 0.25) is 11.8 Å². The van der Waals surface area contributed by atoms with E-state index in [-0.39, 0.29) is 25.3 Å². The molecule has 34 heavy (non-hydrogen) atoms. The lowest BCUT2D eigenvalue weighted by atomic mass is 10.0. The van der Waals surface area contributed by atoms with Gasteiger partial charge in [-0.2, -0.15) is 0 Å². The smallest absolute Gasteiger partial charge is 0.249 e. The number of carbonyl (C=O) groups excluding carboxylic acids is 2. The van der Waals surface area contributed by atoms with Crippen LogP contribution in [0.5, 0.6) is 0 Å². The molecule has 0 saturated carbocycles. The van der Waals surface area contributed by atoms with Crippen molar-refractivity contribution < 1.29 is 18.7 Å². The van der Waals surface area contributed by atoms with Gasteiger partial charge in [-0.1, -0.05) is 53.7 Å². The summed E-state index contributed by atoms with van der Waals surface area (Å²) in [6.45, 7) is 0.302. The molecule has 4 rings (SSSR count). The van der Waals surface area contributed by atoms with Crippen molar-refractivity contribution >= 4 is 28.5 Å². The summed E-state index contributed by atoms with van der Waals surface area (Å²) in [6, 6.07) is 20.7. The number of halogens is 1. The topological polar surface area (TPSA) is 89.4 Å². The van der Waals surface area contributed by atoms with E-state index in [9.17, 15) is 14.0 Å². The summed E-state index contributed by atoms with van der Waals surface area (Å²) in [7, 11) is 1.52. The van der Waals surface area contributed by atoms with Gasteiger partial charge < -0.3 is 10.1 Å². The van der Waals surface area contributed by atoms with Crippen molar-refractivity contribution in [3.05, 3.63) is 90.2 Å². The van der Waals surface area contributed by atoms with E-state index in [1.807, 2.05) is 12.1 Å². The lowest BCUT2D eigenvalue weighted by Gasteiger charge is -2.31. The predicted octanol–water partition coefficient (Wildman–Crippen LogP) is 3.11. The molecule has 1 atom stereocenters. The molecule has 3 aromatic carbocycles. The van der Waals surface area contributed by atoms with E-state index in [4.69, 9.17) is 4.74 Å². The Balaban J connectivity index is 1.77. The number of para-hydroxylation sites is 2. The minimum Gasteiger partial charge on any atom is -0.383 e. The second kappa shape index (κ2) is 10.7. The summed E-state index contributed by atoms with van der Waals surface area (Å²) in [5.74, 6) is -1.56. The number of rotatable bonds is 9. The van der Waals surface area contributed by atoms with Crippen LogP contribution in [0.4, 0.5) is 10.1 Å². The fraction of sp³-hybridized carbons (Fsp3) is 0.200. The molecule has 4 aromatic rings. The molecule has 1 N–H and O–H groups in total. The average molecular weight is 461 g/mol. The number of methoxy groups -OCH3 is 1. The Labute approximate surface area is 195 Å². The van der Waals surface area contributed by atoms with Gasteiger partial charge in [0, 0.05) is 24.9 Å². The number of anilines is 1. The zero-order chi connectivity index (χ0) is 23.9. The number of carbonyl (C=O) groups is 2. The van der Waals surface area contributed by atoms with Crippen molar-refractivity contribution in [2.75, 3.05) is 25.2 Å². The standard InChI is InChI=1S/C25H24FN5O3/c1-34-16-15-27-25(33)24(19-11-5-6-12-20(19)26)31(18-9-3-2-4-10-18)23(32)17-30-22-14-8-7-13-21(22)28-29-30/h2-14,24H,15-17H2,1H3,(H,27,33)/t24-/m0/s1. The number of fused-ring (bicyclic) bond motifs is 1. The van der Waals surface area contributed by atoms with Crippen molar-refractivity contribution in [1.82, 2.24) is 20.3 Å². The molecule has 1 aromatic heterocycles. The molecule has 0 fully saturated rings. The number of nitrogens with zero attached hydrogens (tertiary/aromatic N) is 4. The second-order valence-corrected chi connectivity index (χ2v) is 7.54. The highest BCUT2D eigenvalue weighted by atomic mass is 19.1. The maximum absolute atomic E-state index is 14.9. The molecular formula is C25H24FN5O3. The van der Waals surface area contributed by atoms with Crippen LogP contribution in [0.3, 0.4) is 0 Å². The Morgan fingerprint density at radius 2 is 1.74 bits per heavy atom. The number of aromatic nitrogens is 3. The maximum Gasteiger partial charge on any atom is 0.249 e. The first-order chi connectivity index (χ1) is 16.6. The molecule has 8 nitrogen and oxygen atoms in total. The minimum atomic E-state index is -1.25. The van der Waals surface area contributed by atoms with Gasteiger partial charge in [0.05, 0.1) is 12.1 Å². The second-order valence-electron chi connectivity index (χ2n) is 7.54. The Kier molecular flexibility index (Phi) is 7.24. The summed E-state index contributed by atoms with van der Waals surface area (Å²) in [5, 5.41) is 10.9. The highest BCUT2D eigenvalue weighted by molar-refractivity contribution is 6.01. The lowest BCUT2D eigenvalue weighted by Crippen LogP contribution is -2.46. The number of hydrogen-bond donors (Lipinski definition) is 1. The number of ether oxygens (including phenoxy) is 1. The third kappa shape index (κ3) is 4.94. The van der Waals surface area contributed by atoms with Crippen molar-refractivity contribution in [1.29, 1.82) is 0 Å². The molecule has 0 unspecified atom stereocenters. The zero-order valence-corrected chi connectivity index (χ0v) is 18.6. The van der Waals surface area contributed by atoms with Crippen LogP contribution in [-0.2, 0) is 20.9 Å². The van der Waals surface area contributed by atoms with Crippen LogP contribution in [-0.4, -0.2) is 47.1 Å². The van der Waals surface area contributed by atoms with E-state index in [0.717, 1.165) is 0 Å². The summed E-state index contributed by atoms with van der Waals surface area (Å²) >= 11 is 0. The van der Waals surface area contributed by atoms with Crippen LogP contribution >= 0.6 is 0 Å². The van der Waals surface area contributed by atoms with Crippen molar-refractivity contribution in [3.63, 3.8) is 0 Å². The SMILES string of the molecule is COCCNC(=O)[C@H](c1ccccc1F)N(C(=O)Cn1nnc2ccccc21)c1ccccc1. The molecule has 0 saturated heterocycles. The fourth-order valence-electron chi connectivity index (χ4n) is 3.73. The van der Waals surface area contributed by atoms with E-state index in [0.29, 0.717) is 16.7 Å². The first kappa shape index (κ1) is 23.1. The molecule has 0 spiro atoms. The van der Waals surface area contributed by atoms with E-state index in [1.165, 1.54) is 34.9 Å². The molecule has 2 amide bonds. The van der Waals surface area contributed by atoms with Crippen molar-refractivity contribution in [2.24, 2.45) is 0 Å². The van der Waals surface area contributed by atoms with E-state index in [1.54, 1.807) is 48.5 Å². The number of benzene rings is 3. The van der Waals surface area contributed by atoms with Gasteiger partial charge in [0.15, 0.2) is 0 Å². The Hall–Kier alpha value is -4.11. The molecule has 1 heterocycles. The van der Waals surface area contributed by atoms with Gasteiger partial charge in [-0.3, -0.25) is 14.5 Å². The molecule has 0 bridgehead atoms. The molecule has 0 aliphatic carbocycles. The van der Waals surface area contributed by atoms with E-state index >= 15 is 0 Å². The first-order valence-corrected chi connectivity index (χ1v) is 10.8. The summed E-state index contributed by atoms with van der Waals surface area (Å²) in [6.07, 6.45) is 0.